The topological polar surface area (TPSA) is 51.3 Å². The Morgan fingerprint density at radius 3 is 2.88 bits per heavy atom. The van der Waals surface area contributed by atoms with Crippen LogP contribution < -0.4 is 0 Å². The standard InChI is InChI=1S/C20H23N3O2/c1-14(2)13-23-16-8-4-3-7-15(16)21-19(23)17-9-5-11-22(17)20(24)18-10-6-12-25-18/h3-4,6-8,10,12,14,17H,5,9,11,13H2,1-2H3. The van der Waals surface area contributed by atoms with Crippen LogP contribution in [0, 0.1) is 5.92 Å². The Hall–Kier alpha value is -2.56. The number of rotatable bonds is 4. The number of hydrogen-bond acceptors (Lipinski definition) is 3. The molecule has 25 heavy (non-hydrogen) atoms. The number of amides is 1. The van der Waals surface area contributed by atoms with Gasteiger partial charge in [-0.25, -0.2) is 4.98 Å². The molecule has 5 nitrogen and oxygen atoms in total. The van der Waals surface area contributed by atoms with Gasteiger partial charge in [0.25, 0.3) is 5.91 Å². The molecule has 1 aliphatic rings. The first-order valence-corrected chi connectivity index (χ1v) is 8.95. The molecule has 0 N–H and O–H groups in total. The van der Waals surface area contributed by atoms with E-state index in [9.17, 15) is 4.79 Å². The molecular weight excluding hydrogens is 314 g/mol. The second-order valence-corrected chi connectivity index (χ2v) is 7.10. The molecule has 5 heteroatoms. The molecule has 0 radical (unpaired) electrons. The van der Waals surface area contributed by atoms with E-state index in [1.54, 1.807) is 18.4 Å². The Bertz CT molecular complexity index is 880. The molecule has 4 rings (SSSR count). The van der Waals surface area contributed by atoms with Gasteiger partial charge in [0, 0.05) is 13.1 Å². The number of benzene rings is 1. The summed E-state index contributed by atoms with van der Waals surface area (Å²) in [5.41, 5.74) is 2.14. The molecule has 0 saturated carbocycles. The van der Waals surface area contributed by atoms with Crippen molar-refractivity contribution >= 4 is 16.9 Å². The van der Waals surface area contributed by atoms with Crippen LogP contribution >= 0.6 is 0 Å². The highest BCUT2D eigenvalue weighted by atomic mass is 16.3. The van der Waals surface area contributed by atoms with Gasteiger partial charge in [0.05, 0.1) is 23.3 Å². The number of aromatic nitrogens is 2. The first-order chi connectivity index (χ1) is 12.1. The van der Waals surface area contributed by atoms with E-state index in [0.717, 1.165) is 42.8 Å². The average molecular weight is 337 g/mol. The Balaban J connectivity index is 1.76. The van der Waals surface area contributed by atoms with Gasteiger partial charge in [-0.3, -0.25) is 4.79 Å². The molecular formula is C20H23N3O2. The van der Waals surface area contributed by atoms with E-state index in [1.807, 2.05) is 23.1 Å². The van der Waals surface area contributed by atoms with Gasteiger partial charge in [-0.2, -0.15) is 0 Å². The largest absolute Gasteiger partial charge is 0.459 e. The lowest BCUT2D eigenvalue weighted by Gasteiger charge is -2.25. The molecule has 0 spiro atoms. The van der Waals surface area contributed by atoms with Crippen LogP contribution in [0.2, 0.25) is 0 Å². The third-order valence-corrected chi connectivity index (χ3v) is 4.78. The van der Waals surface area contributed by atoms with Crippen molar-refractivity contribution in [1.29, 1.82) is 0 Å². The minimum Gasteiger partial charge on any atom is -0.459 e. The quantitative estimate of drug-likeness (QED) is 0.714. The van der Waals surface area contributed by atoms with Crippen molar-refractivity contribution < 1.29 is 9.21 Å². The fraction of sp³-hybridized carbons (Fsp3) is 0.400. The zero-order chi connectivity index (χ0) is 17.4. The monoisotopic (exact) mass is 337 g/mol. The van der Waals surface area contributed by atoms with Gasteiger partial charge in [-0.05, 0) is 43.0 Å². The second-order valence-electron chi connectivity index (χ2n) is 7.10. The highest BCUT2D eigenvalue weighted by Gasteiger charge is 2.35. The molecule has 1 fully saturated rings. The molecule has 1 aliphatic heterocycles. The van der Waals surface area contributed by atoms with Crippen molar-refractivity contribution in [2.24, 2.45) is 5.92 Å². The minimum absolute atomic E-state index is 0.00347. The molecule has 1 unspecified atom stereocenters. The fourth-order valence-electron chi connectivity index (χ4n) is 3.73. The van der Waals surface area contributed by atoms with Gasteiger partial charge in [-0.1, -0.05) is 26.0 Å². The van der Waals surface area contributed by atoms with Gasteiger partial charge >= 0.3 is 0 Å². The zero-order valence-corrected chi connectivity index (χ0v) is 14.7. The second kappa shape index (κ2) is 6.39. The molecule has 1 saturated heterocycles. The van der Waals surface area contributed by atoms with Crippen LogP contribution in [0.15, 0.2) is 47.1 Å². The molecule has 130 valence electrons. The van der Waals surface area contributed by atoms with Crippen LogP contribution in [0.5, 0.6) is 0 Å². The highest BCUT2D eigenvalue weighted by Crippen LogP contribution is 2.34. The summed E-state index contributed by atoms with van der Waals surface area (Å²) in [4.78, 5) is 19.6. The molecule has 1 amide bonds. The first kappa shape index (κ1) is 15.9. The smallest absolute Gasteiger partial charge is 0.290 e. The summed E-state index contributed by atoms with van der Waals surface area (Å²) in [6.45, 7) is 6.06. The molecule has 2 aromatic heterocycles. The van der Waals surface area contributed by atoms with Crippen molar-refractivity contribution in [2.75, 3.05) is 6.54 Å². The summed E-state index contributed by atoms with van der Waals surface area (Å²) >= 11 is 0. The maximum atomic E-state index is 12.8. The predicted molar refractivity (Wildman–Crippen MR) is 96.3 cm³/mol. The van der Waals surface area contributed by atoms with Crippen molar-refractivity contribution in [2.45, 2.75) is 39.3 Å². The van der Waals surface area contributed by atoms with Crippen LogP contribution in [0.3, 0.4) is 0 Å². The van der Waals surface area contributed by atoms with Crippen LogP contribution in [0.25, 0.3) is 11.0 Å². The van der Waals surface area contributed by atoms with Crippen LogP contribution in [-0.4, -0.2) is 26.9 Å². The summed E-state index contributed by atoms with van der Waals surface area (Å²) in [7, 11) is 0. The lowest BCUT2D eigenvalue weighted by atomic mass is 10.1. The summed E-state index contributed by atoms with van der Waals surface area (Å²) in [6, 6.07) is 11.7. The van der Waals surface area contributed by atoms with Crippen LogP contribution in [0.4, 0.5) is 0 Å². The molecule has 3 aromatic rings. The van der Waals surface area contributed by atoms with Crippen molar-refractivity contribution in [3.8, 4) is 0 Å². The number of imidazole rings is 1. The third-order valence-electron chi connectivity index (χ3n) is 4.78. The molecule has 0 bridgehead atoms. The predicted octanol–water partition coefficient (Wildman–Crippen LogP) is 4.26. The third kappa shape index (κ3) is 2.84. The summed E-state index contributed by atoms with van der Waals surface area (Å²) < 4.78 is 7.62. The summed E-state index contributed by atoms with van der Waals surface area (Å²) in [6.07, 6.45) is 3.47. The maximum Gasteiger partial charge on any atom is 0.290 e. The Labute approximate surface area is 147 Å². The fourth-order valence-corrected chi connectivity index (χ4v) is 3.73. The molecule has 0 aliphatic carbocycles. The van der Waals surface area contributed by atoms with E-state index in [4.69, 9.17) is 9.40 Å². The highest BCUT2D eigenvalue weighted by molar-refractivity contribution is 5.92. The van der Waals surface area contributed by atoms with Crippen LogP contribution in [0.1, 0.15) is 49.1 Å². The van der Waals surface area contributed by atoms with E-state index in [-0.39, 0.29) is 11.9 Å². The van der Waals surface area contributed by atoms with E-state index in [0.29, 0.717) is 11.7 Å². The van der Waals surface area contributed by atoms with E-state index in [2.05, 4.69) is 24.5 Å². The summed E-state index contributed by atoms with van der Waals surface area (Å²) in [5.74, 6) is 1.85. The Morgan fingerprint density at radius 2 is 2.12 bits per heavy atom. The van der Waals surface area contributed by atoms with E-state index in [1.165, 1.54) is 0 Å². The average Bonchev–Trinajstić information content (AvgIpc) is 3.34. The first-order valence-electron chi connectivity index (χ1n) is 8.95. The molecule has 3 heterocycles. The van der Waals surface area contributed by atoms with Gasteiger partial charge in [0.15, 0.2) is 5.76 Å². The van der Waals surface area contributed by atoms with Crippen molar-refractivity contribution in [3.05, 3.63) is 54.2 Å². The summed E-state index contributed by atoms with van der Waals surface area (Å²) in [5, 5.41) is 0. The van der Waals surface area contributed by atoms with Gasteiger partial charge in [0.2, 0.25) is 0 Å². The van der Waals surface area contributed by atoms with Crippen molar-refractivity contribution in [1.82, 2.24) is 14.5 Å². The molecule has 1 aromatic carbocycles. The minimum atomic E-state index is -0.0457. The SMILES string of the molecule is CC(C)Cn1c(C2CCCN2C(=O)c2ccco2)nc2ccccc21. The lowest BCUT2D eigenvalue weighted by molar-refractivity contribution is 0.0695. The van der Waals surface area contributed by atoms with Gasteiger partial charge in [-0.15, -0.1) is 0 Å². The number of furan rings is 1. The number of fused-ring (bicyclic) bond motifs is 1. The number of para-hydroxylation sites is 2. The zero-order valence-electron chi connectivity index (χ0n) is 14.7. The van der Waals surface area contributed by atoms with E-state index >= 15 is 0 Å². The van der Waals surface area contributed by atoms with Gasteiger partial charge < -0.3 is 13.9 Å². The number of carbonyl (C=O) groups is 1. The van der Waals surface area contributed by atoms with Crippen LogP contribution in [-0.2, 0) is 6.54 Å². The lowest BCUT2D eigenvalue weighted by Crippen LogP contribution is -2.32. The Kier molecular flexibility index (Phi) is 4.07. The number of hydrogen-bond donors (Lipinski definition) is 0. The Morgan fingerprint density at radius 1 is 1.28 bits per heavy atom. The maximum absolute atomic E-state index is 12.8. The molecule has 1 atom stereocenters. The van der Waals surface area contributed by atoms with Crippen molar-refractivity contribution in [3.63, 3.8) is 0 Å². The van der Waals surface area contributed by atoms with E-state index < -0.39 is 0 Å². The van der Waals surface area contributed by atoms with Gasteiger partial charge in [0.1, 0.15) is 5.82 Å². The number of carbonyl (C=O) groups excluding carboxylic acids is 1. The number of nitrogens with zero attached hydrogens (tertiary/aromatic N) is 3. The number of likely N-dealkylation sites (tertiary alicyclic amines) is 1. The normalized spacial score (nSPS) is 17.7.